The second-order valence-corrected chi connectivity index (χ2v) is 11.4. The topological polar surface area (TPSA) is 128 Å². The van der Waals surface area contributed by atoms with Crippen molar-refractivity contribution < 1.29 is 19.1 Å². The highest BCUT2D eigenvalue weighted by atomic mass is 16.5. The Morgan fingerprint density at radius 3 is 1.48 bits per heavy atom. The molecule has 6 aromatic rings. The molecule has 2 amide bonds. The summed E-state index contributed by atoms with van der Waals surface area (Å²) in [5.74, 6) is 0.949. The molecule has 0 bridgehead atoms. The first kappa shape index (κ1) is 30.7. The van der Waals surface area contributed by atoms with Gasteiger partial charge in [-0.1, -0.05) is 38.1 Å². The molecule has 0 radical (unpaired) electrons. The van der Waals surface area contributed by atoms with Crippen LogP contribution in [0.5, 0.6) is 11.5 Å². The Kier molecular flexibility index (Phi) is 8.68. The fourth-order valence-electron chi connectivity index (χ4n) is 6.02. The summed E-state index contributed by atoms with van der Waals surface area (Å²) in [4.78, 5) is 37.0. The van der Waals surface area contributed by atoms with Gasteiger partial charge in [0.1, 0.15) is 11.5 Å². The van der Waals surface area contributed by atoms with Crippen LogP contribution in [0.4, 0.5) is 0 Å². The van der Waals surface area contributed by atoms with E-state index in [1.165, 1.54) is 0 Å². The third-order valence-corrected chi connectivity index (χ3v) is 8.62. The molecule has 2 aromatic heterocycles. The van der Waals surface area contributed by atoms with Crippen LogP contribution >= 0.6 is 0 Å². The molecule has 4 aromatic carbocycles. The molecule has 0 saturated heterocycles. The van der Waals surface area contributed by atoms with Gasteiger partial charge in [0.15, 0.2) is 0 Å². The van der Waals surface area contributed by atoms with Crippen molar-refractivity contribution in [2.45, 2.75) is 44.8 Å². The van der Waals surface area contributed by atoms with E-state index >= 15 is 0 Å². The van der Waals surface area contributed by atoms with Crippen LogP contribution in [-0.4, -0.2) is 54.1 Å². The number of rotatable bonds is 10. The van der Waals surface area contributed by atoms with E-state index in [2.05, 4.69) is 10.6 Å². The van der Waals surface area contributed by atoms with Gasteiger partial charge in [-0.2, -0.15) is 0 Å². The Morgan fingerprint density at radius 1 is 0.652 bits per heavy atom. The van der Waals surface area contributed by atoms with E-state index in [0.29, 0.717) is 35.0 Å². The van der Waals surface area contributed by atoms with E-state index in [1.807, 2.05) is 86.6 Å². The lowest BCUT2D eigenvalue weighted by molar-refractivity contribution is 0.0909. The van der Waals surface area contributed by atoms with Gasteiger partial charge in [0, 0.05) is 39.7 Å². The highest BCUT2D eigenvalue weighted by Crippen LogP contribution is 2.27. The van der Waals surface area contributed by atoms with Crippen molar-refractivity contribution in [3.63, 3.8) is 0 Å². The first-order valence-electron chi connectivity index (χ1n) is 15.5. The number of nitrogens with zero attached hydrogens (tertiary/aromatic N) is 2. The Balaban J connectivity index is 1.23. The first-order valence-corrected chi connectivity index (χ1v) is 15.5. The highest BCUT2D eigenvalue weighted by Gasteiger charge is 2.28. The standard InChI is InChI=1S/C37H37N5O4/c1-5-29(41-36(43)27-11-7-9-21-17-23-19-25(45-3)13-15-31(23)39-34(21)27)33(38)30(6-2)42-37(44)28-12-8-10-22-18-24-20-26(46-4)14-16-32(24)40-35(22)28/h7-20,29-30,33H,5-6,38H2,1-4H3,(H,41,43)(H,42,44). The van der Waals surface area contributed by atoms with Crippen LogP contribution in [0.25, 0.3) is 43.6 Å². The average molecular weight is 616 g/mol. The zero-order valence-corrected chi connectivity index (χ0v) is 26.3. The van der Waals surface area contributed by atoms with Crippen molar-refractivity contribution in [3.05, 3.63) is 96.1 Å². The summed E-state index contributed by atoms with van der Waals surface area (Å²) in [5, 5.41) is 9.81. The van der Waals surface area contributed by atoms with E-state index in [9.17, 15) is 9.59 Å². The summed E-state index contributed by atoms with van der Waals surface area (Å²) in [6.45, 7) is 3.94. The molecule has 6 rings (SSSR count). The van der Waals surface area contributed by atoms with Crippen LogP contribution in [0.2, 0.25) is 0 Å². The number of carbonyl (C=O) groups excluding carboxylic acids is 2. The molecular formula is C37H37N5O4. The molecule has 46 heavy (non-hydrogen) atoms. The van der Waals surface area contributed by atoms with Crippen molar-refractivity contribution in [1.82, 2.24) is 20.6 Å². The lowest BCUT2D eigenvalue weighted by Crippen LogP contribution is -2.58. The average Bonchev–Trinajstić information content (AvgIpc) is 3.09. The SMILES string of the molecule is CCC(NC(=O)c1cccc2cc3cc(OC)ccc3nc12)C(N)C(CC)NC(=O)c1cccc2cc3cc(OC)ccc3nc12. The molecule has 2 unspecified atom stereocenters. The fraction of sp³-hybridized carbons (Fsp3) is 0.243. The minimum absolute atomic E-state index is 0.267. The summed E-state index contributed by atoms with van der Waals surface area (Å²) in [7, 11) is 3.25. The van der Waals surface area contributed by atoms with Gasteiger partial charge in [-0.25, -0.2) is 9.97 Å². The Hall–Kier alpha value is -5.28. The summed E-state index contributed by atoms with van der Waals surface area (Å²) >= 11 is 0. The fourth-order valence-corrected chi connectivity index (χ4v) is 6.02. The molecule has 0 spiro atoms. The molecule has 4 N–H and O–H groups in total. The lowest BCUT2D eigenvalue weighted by Gasteiger charge is -2.31. The zero-order valence-electron chi connectivity index (χ0n) is 26.3. The molecule has 0 aliphatic carbocycles. The number of nitrogens with two attached hydrogens (primary N) is 1. The third kappa shape index (κ3) is 5.89. The van der Waals surface area contributed by atoms with Crippen LogP contribution in [0.15, 0.2) is 84.9 Å². The van der Waals surface area contributed by atoms with E-state index in [4.69, 9.17) is 25.2 Å². The predicted octanol–water partition coefficient (Wildman–Crippen LogP) is 6.15. The third-order valence-electron chi connectivity index (χ3n) is 8.62. The number of aromatic nitrogens is 2. The predicted molar refractivity (Wildman–Crippen MR) is 183 cm³/mol. The molecule has 234 valence electrons. The Labute approximate surface area is 267 Å². The van der Waals surface area contributed by atoms with Gasteiger partial charge in [-0.05, 0) is 73.5 Å². The summed E-state index contributed by atoms with van der Waals surface area (Å²) < 4.78 is 10.7. The van der Waals surface area contributed by atoms with Gasteiger partial charge >= 0.3 is 0 Å². The van der Waals surface area contributed by atoms with Gasteiger partial charge < -0.3 is 25.8 Å². The number of carbonyl (C=O) groups is 2. The number of ether oxygens (including phenoxy) is 2. The molecule has 0 aliphatic heterocycles. The lowest BCUT2D eigenvalue weighted by atomic mass is 9.95. The number of benzene rings is 4. The Morgan fingerprint density at radius 2 is 1.09 bits per heavy atom. The maximum absolute atomic E-state index is 13.7. The van der Waals surface area contributed by atoms with E-state index in [-0.39, 0.29) is 11.8 Å². The maximum atomic E-state index is 13.7. The molecule has 0 saturated carbocycles. The molecule has 2 atom stereocenters. The van der Waals surface area contributed by atoms with E-state index in [0.717, 1.165) is 44.1 Å². The summed E-state index contributed by atoms with van der Waals surface area (Å²) in [6, 6.07) is 25.1. The summed E-state index contributed by atoms with van der Waals surface area (Å²) in [5.41, 5.74) is 10.5. The second-order valence-electron chi connectivity index (χ2n) is 11.4. The summed E-state index contributed by atoms with van der Waals surface area (Å²) in [6.07, 6.45) is 1.15. The molecular weight excluding hydrogens is 578 g/mol. The van der Waals surface area contributed by atoms with E-state index in [1.54, 1.807) is 26.4 Å². The number of nitrogens with one attached hydrogen (secondary N) is 2. The van der Waals surface area contributed by atoms with Gasteiger partial charge in [-0.15, -0.1) is 0 Å². The normalized spacial score (nSPS) is 13.4. The largest absolute Gasteiger partial charge is 0.497 e. The molecule has 2 heterocycles. The number of hydrogen-bond donors (Lipinski definition) is 3. The first-order chi connectivity index (χ1) is 22.3. The van der Waals surface area contributed by atoms with Gasteiger partial charge in [-0.3, -0.25) is 9.59 Å². The second kappa shape index (κ2) is 13.0. The van der Waals surface area contributed by atoms with Crippen LogP contribution in [0.3, 0.4) is 0 Å². The van der Waals surface area contributed by atoms with Gasteiger partial charge in [0.05, 0.1) is 47.4 Å². The quantitative estimate of drug-likeness (QED) is 0.158. The van der Waals surface area contributed by atoms with Crippen LogP contribution in [0.1, 0.15) is 47.4 Å². The molecule has 0 fully saturated rings. The van der Waals surface area contributed by atoms with Crippen molar-refractivity contribution in [3.8, 4) is 11.5 Å². The van der Waals surface area contributed by atoms with E-state index < -0.39 is 18.1 Å². The number of hydrogen-bond acceptors (Lipinski definition) is 7. The van der Waals surface area contributed by atoms with Crippen LogP contribution in [0, 0.1) is 0 Å². The van der Waals surface area contributed by atoms with Crippen LogP contribution < -0.4 is 25.8 Å². The molecule has 9 heteroatoms. The van der Waals surface area contributed by atoms with Crippen molar-refractivity contribution in [2.75, 3.05) is 14.2 Å². The smallest absolute Gasteiger partial charge is 0.253 e. The number of amides is 2. The van der Waals surface area contributed by atoms with Crippen molar-refractivity contribution >= 4 is 55.4 Å². The molecule has 9 nitrogen and oxygen atoms in total. The number of fused-ring (bicyclic) bond motifs is 4. The minimum atomic E-state index is -0.546. The molecule has 0 aliphatic rings. The van der Waals surface area contributed by atoms with Gasteiger partial charge in [0.2, 0.25) is 0 Å². The zero-order chi connectivity index (χ0) is 32.4. The minimum Gasteiger partial charge on any atom is -0.497 e. The highest BCUT2D eigenvalue weighted by molar-refractivity contribution is 6.09. The monoisotopic (exact) mass is 615 g/mol. The maximum Gasteiger partial charge on any atom is 0.253 e. The number of pyridine rings is 2. The van der Waals surface area contributed by atoms with Crippen LogP contribution in [-0.2, 0) is 0 Å². The van der Waals surface area contributed by atoms with Crippen molar-refractivity contribution in [1.29, 1.82) is 0 Å². The van der Waals surface area contributed by atoms with Gasteiger partial charge in [0.25, 0.3) is 11.8 Å². The number of para-hydroxylation sites is 2. The Bertz CT molecular complexity index is 1950. The number of methoxy groups -OCH3 is 2. The van der Waals surface area contributed by atoms with Crippen molar-refractivity contribution in [2.24, 2.45) is 5.73 Å².